The van der Waals surface area contributed by atoms with E-state index < -0.39 is 28.5 Å². The molecular weight excluding hydrogens is 518 g/mol. The van der Waals surface area contributed by atoms with Gasteiger partial charge >= 0.3 is 0 Å². The van der Waals surface area contributed by atoms with E-state index in [1.807, 2.05) is 6.07 Å². The van der Waals surface area contributed by atoms with Crippen LogP contribution in [0.25, 0.3) is 0 Å². The molecule has 0 radical (unpaired) electrons. The van der Waals surface area contributed by atoms with Crippen molar-refractivity contribution in [2.24, 2.45) is 0 Å². The van der Waals surface area contributed by atoms with Gasteiger partial charge in [-0.1, -0.05) is 36.6 Å². The Hall–Kier alpha value is -2.98. The molecule has 1 heterocycles. The van der Waals surface area contributed by atoms with Gasteiger partial charge in [-0.25, -0.2) is 8.42 Å². The summed E-state index contributed by atoms with van der Waals surface area (Å²) >= 11 is 6.16. The van der Waals surface area contributed by atoms with E-state index in [0.29, 0.717) is 16.5 Å². The first-order chi connectivity index (χ1) is 17.7. The minimum atomic E-state index is -3.84. The number of nitrogens with one attached hydrogen (secondary N) is 1. The molecule has 200 valence electrons. The first-order valence-electron chi connectivity index (χ1n) is 12.4. The molecule has 1 aliphatic carbocycles. The number of hydrogen-bond acceptors (Lipinski definition) is 6. The third kappa shape index (κ3) is 6.48. The van der Waals surface area contributed by atoms with Gasteiger partial charge in [0.1, 0.15) is 12.6 Å². The van der Waals surface area contributed by atoms with E-state index >= 15 is 0 Å². The number of carbonyl (C=O) groups is 2. The molecule has 0 spiro atoms. The van der Waals surface area contributed by atoms with Gasteiger partial charge in [-0.2, -0.15) is 0 Å². The molecule has 4 rings (SSSR count). The van der Waals surface area contributed by atoms with E-state index in [1.165, 1.54) is 11.8 Å². The molecule has 1 aliphatic heterocycles. The highest BCUT2D eigenvalue weighted by Crippen LogP contribution is 2.36. The molecule has 2 aromatic carbocycles. The van der Waals surface area contributed by atoms with Crippen LogP contribution in [-0.2, 0) is 26.2 Å². The zero-order chi connectivity index (χ0) is 26.6. The molecule has 2 aliphatic rings. The second-order valence-electron chi connectivity index (χ2n) is 9.26. The number of carbonyl (C=O) groups excluding carboxylic acids is 2. The van der Waals surface area contributed by atoms with E-state index in [9.17, 15) is 18.0 Å². The topological polar surface area (TPSA) is 105 Å². The van der Waals surface area contributed by atoms with Crippen LogP contribution in [0.1, 0.15) is 45.1 Å². The van der Waals surface area contributed by atoms with E-state index in [2.05, 4.69) is 5.32 Å². The number of nitrogens with zero attached hydrogens (tertiary/aromatic N) is 2. The summed E-state index contributed by atoms with van der Waals surface area (Å²) in [5, 5.41) is 3.55. The van der Waals surface area contributed by atoms with Gasteiger partial charge in [-0.05, 0) is 56.5 Å². The van der Waals surface area contributed by atoms with Crippen molar-refractivity contribution in [3.05, 3.63) is 53.1 Å². The molecule has 37 heavy (non-hydrogen) atoms. The van der Waals surface area contributed by atoms with Crippen molar-refractivity contribution < 1.29 is 27.5 Å². The van der Waals surface area contributed by atoms with Gasteiger partial charge < -0.3 is 19.7 Å². The van der Waals surface area contributed by atoms with Gasteiger partial charge in [0.15, 0.2) is 11.5 Å². The zero-order valence-corrected chi connectivity index (χ0v) is 22.6. The van der Waals surface area contributed by atoms with Crippen molar-refractivity contribution in [2.75, 3.05) is 23.4 Å². The third-order valence-corrected chi connectivity index (χ3v) is 8.71. The maximum atomic E-state index is 13.7. The van der Waals surface area contributed by atoms with Crippen molar-refractivity contribution in [3.63, 3.8) is 0 Å². The van der Waals surface area contributed by atoms with Crippen LogP contribution in [0.2, 0.25) is 5.02 Å². The first-order valence-corrected chi connectivity index (χ1v) is 14.4. The standard InChI is InChI=1S/C26H32ClN3O6S/c1-3-37(33,34)30(22-11-12-23-24(14-22)36-17-35-23)16-25(31)29(15-19-7-6-8-20(27)13-19)18(2)26(32)28-21-9-4-5-10-21/h6-8,11-14,18,21H,3-5,9-10,15-17H2,1-2H3,(H,28,32). The summed E-state index contributed by atoms with van der Waals surface area (Å²) in [6, 6.07) is 11.0. The van der Waals surface area contributed by atoms with Gasteiger partial charge in [-0.15, -0.1) is 0 Å². The van der Waals surface area contributed by atoms with Crippen molar-refractivity contribution >= 4 is 39.1 Å². The lowest BCUT2D eigenvalue weighted by Gasteiger charge is -2.32. The summed E-state index contributed by atoms with van der Waals surface area (Å²) in [7, 11) is -3.84. The first kappa shape index (κ1) is 27.1. The summed E-state index contributed by atoms with van der Waals surface area (Å²) in [6.45, 7) is 2.84. The Balaban J connectivity index is 1.62. The van der Waals surface area contributed by atoms with Gasteiger partial charge in [-0.3, -0.25) is 13.9 Å². The molecular formula is C26H32ClN3O6S. The van der Waals surface area contributed by atoms with Gasteiger partial charge in [0, 0.05) is 23.7 Å². The number of ether oxygens (including phenoxy) is 2. The maximum Gasteiger partial charge on any atom is 0.244 e. The minimum absolute atomic E-state index is 0.0410. The number of fused-ring (bicyclic) bond motifs is 1. The fourth-order valence-corrected chi connectivity index (χ4v) is 5.83. The molecule has 11 heteroatoms. The van der Waals surface area contributed by atoms with E-state index in [-0.39, 0.29) is 36.7 Å². The third-order valence-electron chi connectivity index (χ3n) is 6.73. The van der Waals surface area contributed by atoms with E-state index in [0.717, 1.165) is 35.6 Å². The van der Waals surface area contributed by atoms with E-state index in [4.69, 9.17) is 21.1 Å². The number of rotatable bonds is 10. The average Bonchev–Trinajstić information content (AvgIpc) is 3.56. The van der Waals surface area contributed by atoms with Crippen LogP contribution in [0.15, 0.2) is 42.5 Å². The second kappa shape index (κ2) is 11.6. The summed E-state index contributed by atoms with van der Waals surface area (Å²) in [6.07, 6.45) is 3.94. The SMILES string of the molecule is CCS(=O)(=O)N(CC(=O)N(Cc1cccc(Cl)c1)C(C)C(=O)NC1CCCC1)c1ccc2c(c1)OCO2. The number of sulfonamides is 1. The molecule has 0 bridgehead atoms. The number of amides is 2. The smallest absolute Gasteiger partial charge is 0.244 e. The zero-order valence-electron chi connectivity index (χ0n) is 21.0. The summed E-state index contributed by atoms with van der Waals surface area (Å²) in [4.78, 5) is 28.3. The predicted octanol–water partition coefficient (Wildman–Crippen LogP) is 3.70. The van der Waals surface area contributed by atoms with Crippen molar-refractivity contribution in [1.82, 2.24) is 10.2 Å². The highest BCUT2D eigenvalue weighted by molar-refractivity contribution is 7.92. The summed E-state index contributed by atoms with van der Waals surface area (Å²) in [5.41, 5.74) is 1.01. The molecule has 1 N–H and O–H groups in total. The normalized spacial score (nSPS) is 15.9. The highest BCUT2D eigenvalue weighted by atomic mass is 35.5. The van der Waals surface area contributed by atoms with Gasteiger partial charge in [0.2, 0.25) is 28.6 Å². The minimum Gasteiger partial charge on any atom is -0.454 e. The summed E-state index contributed by atoms with van der Waals surface area (Å²) < 4.78 is 38.0. The fraction of sp³-hybridized carbons (Fsp3) is 0.462. The van der Waals surface area contributed by atoms with E-state index in [1.54, 1.807) is 43.3 Å². The molecule has 1 saturated carbocycles. The fourth-order valence-electron chi connectivity index (χ4n) is 4.57. The lowest BCUT2D eigenvalue weighted by molar-refractivity contribution is -0.139. The Morgan fingerprint density at radius 3 is 2.54 bits per heavy atom. The second-order valence-corrected chi connectivity index (χ2v) is 11.9. The average molecular weight is 550 g/mol. The van der Waals surface area contributed by atoms with Crippen molar-refractivity contribution in [3.8, 4) is 11.5 Å². The van der Waals surface area contributed by atoms with Crippen molar-refractivity contribution in [1.29, 1.82) is 0 Å². The lowest BCUT2D eigenvalue weighted by Crippen LogP contribution is -2.52. The van der Waals surface area contributed by atoms with Gasteiger partial charge in [0.05, 0.1) is 11.4 Å². The highest BCUT2D eigenvalue weighted by Gasteiger charge is 2.32. The quantitative estimate of drug-likeness (QED) is 0.484. The Morgan fingerprint density at radius 2 is 1.84 bits per heavy atom. The number of halogens is 1. The van der Waals surface area contributed by atoms with Gasteiger partial charge in [0.25, 0.3) is 0 Å². The Bertz CT molecular complexity index is 1250. The van der Waals surface area contributed by atoms with Crippen LogP contribution >= 0.6 is 11.6 Å². The van der Waals surface area contributed by atoms with Crippen LogP contribution < -0.4 is 19.1 Å². The number of benzene rings is 2. The van der Waals surface area contributed by atoms with Crippen LogP contribution in [0.5, 0.6) is 11.5 Å². The van der Waals surface area contributed by atoms with Crippen LogP contribution in [0.4, 0.5) is 5.69 Å². The molecule has 1 atom stereocenters. The Morgan fingerprint density at radius 1 is 1.11 bits per heavy atom. The monoisotopic (exact) mass is 549 g/mol. The summed E-state index contributed by atoms with van der Waals surface area (Å²) in [5.74, 6) is -0.0789. The largest absolute Gasteiger partial charge is 0.454 e. The predicted molar refractivity (Wildman–Crippen MR) is 141 cm³/mol. The molecule has 2 amide bonds. The molecule has 0 aromatic heterocycles. The van der Waals surface area contributed by atoms with Crippen LogP contribution in [0.3, 0.4) is 0 Å². The molecule has 1 fully saturated rings. The molecule has 0 saturated heterocycles. The maximum absolute atomic E-state index is 13.7. The molecule has 9 nitrogen and oxygen atoms in total. The molecule has 1 unspecified atom stereocenters. The Labute approximate surface area is 222 Å². The molecule has 2 aromatic rings. The number of anilines is 1. The van der Waals surface area contributed by atoms with Crippen LogP contribution in [-0.4, -0.2) is 56.3 Å². The van der Waals surface area contributed by atoms with Crippen LogP contribution in [0, 0.1) is 0 Å². The van der Waals surface area contributed by atoms with Crippen molar-refractivity contribution in [2.45, 2.75) is 58.2 Å². The Kier molecular flexibility index (Phi) is 8.49. The number of hydrogen-bond donors (Lipinski definition) is 1. The lowest BCUT2D eigenvalue weighted by atomic mass is 10.1.